The number of benzene rings is 1. The fraction of sp³-hybridized carbons (Fsp3) is 0.579. The van der Waals surface area contributed by atoms with E-state index in [2.05, 4.69) is 5.32 Å². The highest BCUT2D eigenvalue weighted by Gasteiger charge is 2.47. The average Bonchev–Trinajstić information content (AvgIpc) is 3.36. The maximum atomic E-state index is 12.2. The highest BCUT2D eigenvalue weighted by atomic mass is 16.4. The minimum atomic E-state index is -0.913. The number of amides is 1. The van der Waals surface area contributed by atoms with Gasteiger partial charge >= 0.3 is 5.97 Å². The van der Waals surface area contributed by atoms with Gasteiger partial charge in [-0.2, -0.15) is 0 Å². The number of carbonyl (C=O) groups excluding carboxylic acids is 1. The Morgan fingerprint density at radius 3 is 2.70 bits per heavy atom. The van der Waals surface area contributed by atoms with Gasteiger partial charge in [-0.3, -0.25) is 4.79 Å². The van der Waals surface area contributed by atoms with Crippen molar-refractivity contribution in [3.8, 4) is 0 Å². The van der Waals surface area contributed by atoms with Crippen molar-refractivity contribution in [3.63, 3.8) is 0 Å². The van der Waals surface area contributed by atoms with Crippen LogP contribution in [0.3, 0.4) is 0 Å². The van der Waals surface area contributed by atoms with Crippen molar-refractivity contribution < 1.29 is 14.7 Å². The van der Waals surface area contributed by atoms with Crippen molar-refractivity contribution in [1.29, 1.82) is 0 Å². The third kappa shape index (κ3) is 4.12. The first-order valence-electron chi connectivity index (χ1n) is 8.75. The molecular formula is C19H25NO3. The molecule has 0 aliphatic heterocycles. The van der Waals surface area contributed by atoms with E-state index in [-0.39, 0.29) is 11.8 Å². The lowest BCUT2D eigenvalue weighted by Crippen LogP contribution is -2.28. The molecule has 3 rings (SSSR count). The van der Waals surface area contributed by atoms with E-state index in [9.17, 15) is 9.59 Å². The van der Waals surface area contributed by atoms with Gasteiger partial charge in [0.2, 0.25) is 5.91 Å². The molecule has 4 heteroatoms. The van der Waals surface area contributed by atoms with Gasteiger partial charge in [0.05, 0.1) is 5.56 Å². The lowest BCUT2D eigenvalue weighted by atomic mass is 9.85. The molecule has 2 saturated carbocycles. The first kappa shape index (κ1) is 16.0. The Bertz CT molecular complexity index is 578. The Kier molecular flexibility index (Phi) is 4.99. The van der Waals surface area contributed by atoms with Gasteiger partial charge in [0, 0.05) is 12.5 Å². The molecule has 0 heterocycles. The maximum absolute atomic E-state index is 12.2. The molecule has 1 aromatic carbocycles. The second kappa shape index (κ2) is 7.16. The van der Waals surface area contributed by atoms with Crippen LogP contribution >= 0.6 is 0 Å². The Balaban J connectivity index is 1.42. The fourth-order valence-corrected chi connectivity index (χ4v) is 3.92. The lowest BCUT2D eigenvalue weighted by Gasteiger charge is -2.21. The highest BCUT2D eigenvalue weighted by molar-refractivity contribution is 5.87. The van der Waals surface area contributed by atoms with Gasteiger partial charge in [0.25, 0.3) is 0 Å². The molecule has 23 heavy (non-hydrogen) atoms. The zero-order valence-electron chi connectivity index (χ0n) is 13.5. The van der Waals surface area contributed by atoms with Crippen molar-refractivity contribution in [2.75, 3.05) is 6.54 Å². The van der Waals surface area contributed by atoms with Crippen LogP contribution in [-0.4, -0.2) is 23.5 Å². The number of aromatic carboxylic acids is 1. The van der Waals surface area contributed by atoms with Crippen molar-refractivity contribution in [2.24, 2.45) is 17.8 Å². The van der Waals surface area contributed by atoms with Crippen LogP contribution in [0.5, 0.6) is 0 Å². The Morgan fingerprint density at radius 2 is 1.96 bits per heavy atom. The van der Waals surface area contributed by atoms with E-state index in [4.69, 9.17) is 5.11 Å². The van der Waals surface area contributed by atoms with Gasteiger partial charge < -0.3 is 10.4 Å². The molecule has 2 aliphatic carbocycles. The molecule has 124 valence electrons. The summed E-state index contributed by atoms with van der Waals surface area (Å²) in [5, 5.41) is 12.0. The van der Waals surface area contributed by atoms with Gasteiger partial charge in [-0.1, -0.05) is 44.2 Å². The molecule has 0 aromatic heterocycles. The number of carboxylic acids is 1. The molecule has 1 amide bonds. The summed E-state index contributed by atoms with van der Waals surface area (Å²) in [6.07, 6.45) is 8.35. The first-order valence-corrected chi connectivity index (χ1v) is 8.75. The molecule has 2 N–H and O–H groups in total. The van der Waals surface area contributed by atoms with Gasteiger partial charge in [-0.05, 0) is 42.4 Å². The zero-order valence-corrected chi connectivity index (χ0v) is 13.5. The summed E-state index contributed by atoms with van der Waals surface area (Å²) < 4.78 is 0. The molecule has 2 fully saturated rings. The topological polar surface area (TPSA) is 66.4 Å². The van der Waals surface area contributed by atoms with Crippen LogP contribution in [0.4, 0.5) is 0 Å². The number of rotatable bonds is 6. The minimum absolute atomic E-state index is 0.190. The molecule has 4 nitrogen and oxygen atoms in total. The fourth-order valence-electron chi connectivity index (χ4n) is 3.92. The van der Waals surface area contributed by atoms with E-state index >= 15 is 0 Å². The lowest BCUT2D eigenvalue weighted by molar-refractivity contribution is -0.122. The monoisotopic (exact) mass is 315 g/mol. The molecule has 2 unspecified atom stereocenters. The number of carbonyl (C=O) groups is 2. The number of nitrogens with one attached hydrogen (secondary N) is 1. The van der Waals surface area contributed by atoms with Gasteiger partial charge in [0.1, 0.15) is 0 Å². The molecule has 0 radical (unpaired) electrons. The quantitative estimate of drug-likeness (QED) is 0.847. The third-order valence-electron chi connectivity index (χ3n) is 5.32. The second-order valence-corrected chi connectivity index (χ2v) is 6.95. The van der Waals surface area contributed by atoms with Crippen LogP contribution < -0.4 is 5.32 Å². The Labute approximate surface area is 137 Å². The van der Waals surface area contributed by atoms with E-state index < -0.39 is 5.97 Å². The van der Waals surface area contributed by atoms with Crippen LogP contribution in [0.15, 0.2) is 24.3 Å². The number of carboxylic acid groups (broad SMARTS) is 1. The van der Waals surface area contributed by atoms with Crippen molar-refractivity contribution in [3.05, 3.63) is 35.4 Å². The van der Waals surface area contributed by atoms with E-state index in [0.717, 1.165) is 17.9 Å². The molecule has 2 atom stereocenters. The van der Waals surface area contributed by atoms with Crippen LogP contribution in [0.2, 0.25) is 0 Å². The van der Waals surface area contributed by atoms with Gasteiger partial charge in [-0.15, -0.1) is 0 Å². The smallest absolute Gasteiger partial charge is 0.335 e. The van der Waals surface area contributed by atoms with Gasteiger partial charge in [0.15, 0.2) is 0 Å². The summed E-state index contributed by atoms with van der Waals surface area (Å²) in [6.45, 7) is 0.579. The van der Waals surface area contributed by atoms with Crippen molar-refractivity contribution in [2.45, 2.75) is 44.9 Å². The van der Waals surface area contributed by atoms with Crippen molar-refractivity contribution in [1.82, 2.24) is 5.32 Å². The number of hydrogen-bond acceptors (Lipinski definition) is 2. The van der Waals surface area contributed by atoms with E-state index in [1.165, 1.54) is 32.1 Å². The third-order valence-corrected chi connectivity index (χ3v) is 5.32. The summed E-state index contributed by atoms with van der Waals surface area (Å²) in [5.74, 6) is 0.889. The average molecular weight is 315 g/mol. The summed E-state index contributed by atoms with van der Waals surface area (Å²) in [4.78, 5) is 23.2. The van der Waals surface area contributed by atoms with Crippen LogP contribution in [0.25, 0.3) is 0 Å². The first-order chi connectivity index (χ1) is 11.1. The minimum Gasteiger partial charge on any atom is -0.478 e. The summed E-state index contributed by atoms with van der Waals surface area (Å²) >= 11 is 0. The maximum Gasteiger partial charge on any atom is 0.335 e. The largest absolute Gasteiger partial charge is 0.478 e. The molecule has 1 aromatic rings. The van der Waals surface area contributed by atoms with Crippen molar-refractivity contribution >= 4 is 11.9 Å². The zero-order chi connectivity index (χ0) is 16.2. The predicted octanol–water partition coefficient (Wildman–Crippen LogP) is 3.26. The van der Waals surface area contributed by atoms with Gasteiger partial charge in [-0.25, -0.2) is 4.79 Å². The summed E-state index contributed by atoms with van der Waals surface area (Å²) in [6, 6.07) is 6.92. The van der Waals surface area contributed by atoms with Crippen LogP contribution in [0, 0.1) is 17.8 Å². The van der Waals surface area contributed by atoms with E-state index in [1.807, 2.05) is 6.07 Å². The predicted molar refractivity (Wildman–Crippen MR) is 88.3 cm³/mol. The molecule has 0 saturated heterocycles. The summed E-state index contributed by atoms with van der Waals surface area (Å²) in [5.41, 5.74) is 1.25. The highest BCUT2D eigenvalue weighted by Crippen LogP contribution is 2.49. The standard InChI is InChI=1S/C19H25NO3/c21-18(17-12-16(17)14-6-2-1-3-7-14)20-10-9-13-5-4-8-15(11-13)19(22)23/h4-5,8,11,14,16-17H,1-3,6-7,9-10,12H2,(H,20,21)(H,22,23). The van der Waals surface area contributed by atoms with Crippen LogP contribution in [0.1, 0.15) is 54.4 Å². The van der Waals surface area contributed by atoms with Crippen LogP contribution in [-0.2, 0) is 11.2 Å². The molecule has 2 aliphatic rings. The second-order valence-electron chi connectivity index (χ2n) is 6.95. The normalized spacial score (nSPS) is 24.2. The summed E-state index contributed by atoms with van der Waals surface area (Å²) in [7, 11) is 0. The van der Waals surface area contributed by atoms with E-state index in [1.54, 1.807) is 18.2 Å². The number of hydrogen-bond donors (Lipinski definition) is 2. The Hall–Kier alpha value is -1.84. The molecule has 0 spiro atoms. The molecular weight excluding hydrogens is 290 g/mol. The van der Waals surface area contributed by atoms with E-state index in [0.29, 0.717) is 24.4 Å². The molecule has 0 bridgehead atoms. The SMILES string of the molecule is O=C(O)c1cccc(CCNC(=O)C2CC2C2CCCCC2)c1. The Morgan fingerprint density at radius 1 is 1.17 bits per heavy atom.